The Labute approximate surface area is 327 Å². The lowest BCUT2D eigenvalue weighted by molar-refractivity contribution is 1.31. The van der Waals surface area contributed by atoms with Crippen LogP contribution in [0.15, 0.2) is 200 Å². The Kier molecular flexibility index (Phi) is 7.61. The van der Waals surface area contributed by atoms with E-state index in [-0.39, 0.29) is 0 Å². The highest BCUT2D eigenvalue weighted by atomic mass is 32.1. The molecule has 55 heavy (non-hydrogen) atoms. The van der Waals surface area contributed by atoms with Crippen LogP contribution in [-0.4, -0.2) is 0 Å². The van der Waals surface area contributed by atoms with Crippen LogP contribution in [0.1, 0.15) is 0 Å². The molecule has 0 aliphatic carbocycles. The maximum Gasteiger partial charge on any atom is 0.0640 e. The number of rotatable bonds is 6. The van der Waals surface area contributed by atoms with Crippen LogP contribution >= 0.6 is 22.7 Å². The van der Waals surface area contributed by atoms with Crippen LogP contribution in [0.2, 0.25) is 0 Å². The van der Waals surface area contributed by atoms with Crippen LogP contribution in [0, 0.1) is 0 Å². The largest absolute Gasteiger partial charge is 0.309 e. The maximum absolute atomic E-state index is 2.48. The quantitative estimate of drug-likeness (QED) is 0.164. The summed E-state index contributed by atoms with van der Waals surface area (Å²) in [5.74, 6) is 0. The Morgan fingerprint density at radius 3 is 1.80 bits per heavy atom. The topological polar surface area (TPSA) is 3.24 Å². The fourth-order valence-corrected chi connectivity index (χ4v) is 10.7. The molecule has 3 heteroatoms. The third-order valence-corrected chi connectivity index (χ3v) is 13.3. The molecule has 0 fully saturated rings. The van der Waals surface area contributed by atoms with E-state index in [2.05, 4.69) is 205 Å². The van der Waals surface area contributed by atoms with E-state index in [0.717, 1.165) is 11.4 Å². The van der Waals surface area contributed by atoms with E-state index in [1.165, 1.54) is 90.2 Å². The molecule has 0 aliphatic heterocycles. The molecule has 2 aromatic heterocycles. The van der Waals surface area contributed by atoms with Gasteiger partial charge in [0.05, 0.1) is 10.4 Å². The van der Waals surface area contributed by atoms with E-state index in [1.807, 2.05) is 22.7 Å². The third kappa shape index (κ3) is 5.43. The van der Waals surface area contributed by atoms with Crippen molar-refractivity contribution in [3.8, 4) is 33.4 Å². The smallest absolute Gasteiger partial charge is 0.0640 e. The minimum atomic E-state index is 1.12. The second-order valence-electron chi connectivity index (χ2n) is 14.1. The Bertz CT molecular complexity index is 3190. The molecule has 1 nitrogen and oxygen atoms in total. The van der Waals surface area contributed by atoms with Crippen LogP contribution in [0.4, 0.5) is 17.1 Å². The molecule has 258 valence electrons. The highest BCUT2D eigenvalue weighted by Crippen LogP contribution is 2.51. The minimum Gasteiger partial charge on any atom is -0.309 e. The van der Waals surface area contributed by atoms with Gasteiger partial charge >= 0.3 is 0 Å². The number of thiophene rings is 2. The average Bonchev–Trinajstić information content (AvgIpc) is 3.84. The van der Waals surface area contributed by atoms with Crippen molar-refractivity contribution < 1.29 is 0 Å². The maximum atomic E-state index is 2.48. The zero-order chi connectivity index (χ0) is 36.3. The van der Waals surface area contributed by atoms with Crippen molar-refractivity contribution in [2.24, 2.45) is 0 Å². The molecule has 11 aromatic rings. The highest BCUT2D eigenvalue weighted by molar-refractivity contribution is 7.27. The van der Waals surface area contributed by atoms with Gasteiger partial charge in [-0.15, -0.1) is 22.7 Å². The third-order valence-electron chi connectivity index (χ3n) is 10.9. The summed E-state index contributed by atoms with van der Waals surface area (Å²) in [7, 11) is 0. The standard InChI is InChI=1S/C52H33NS2/c1-3-13-36(14-4-1)42-29-30-47(52-50(42)45-20-11-19-43(51(45)55-52)37-15-5-2-6-16-37)53(41-28-31-49-46(33-41)44-18-9-10-21-48(44)54-49)40-26-24-35(25-27-40)39-23-22-34-12-7-8-17-38(34)32-39/h1-33H. The lowest BCUT2D eigenvalue weighted by atomic mass is 9.96. The lowest BCUT2D eigenvalue weighted by Crippen LogP contribution is -2.10. The molecule has 11 rings (SSSR count). The summed E-state index contributed by atoms with van der Waals surface area (Å²) in [4.78, 5) is 2.48. The van der Waals surface area contributed by atoms with Gasteiger partial charge in [0.25, 0.3) is 0 Å². The van der Waals surface area contributed by atoms with Gasteiger partial charge in [0.15, 0.2) is 0 Å². The molecule has 0 radical (unpaired) electrons. The molecule has 0 spiro atoms. The normalized spacial score (nSPS) is 11.6. The van der Waals surface area contributed by atoms with Gasteiger partial charge < -0.3 is 4.90 Å². The summed E-state index contributed by atoms with van der Waals surface area (Å²) < 4.78 is 5.19. The Morgan fingerprint density at radius 2 is 0.982 bits per heavy atom. The highest BCUT2D eigenvalue weighted by Gasteiger charge is 2.23. The van der Waals surface area contributed by atoms with Crippen LogP contribution < -0.4 is 4.90 Å². The second kappa shape index (κ2) is 13.1. The van der Waals surface area contributed by atoms with Gasteiger partial charge in [-0.25, -0.2) is 0 Å². The first kappa shape index (κ1) is 32.0. The van der Waals surface area contributed by atoms with Crippen LogP contribution in [0.5, 0.6) is 0 Å². The van der Waals surface area contributed by atoms with Gasteiger partial charge in [0, 0.05) is 47.0 Å². The molecule has 0 saturated heterocycles. The van der Waals surface area contributed by atoms with E-state index < -0.39 is 0 Å². The summed E-state index contributed by atoms with van der Waals surface area (Å²) in [6.45, 7) is 0. The predicted octanol–water partition coefficient (Wildman–Crippen LogP) is 16.0. The van der Waals surface area contributed by atoms with Gasteiger partial charge in [-0.05, 0) is 92.7 Å². The fourth-order valence-electron chi connectivity index (χ4n) is 8.22. The first-order valence-corrected chi connectivity index (χ1v) is 20.3. The van der Waals surface area contributed by atoms with Crippen molar-refractivity contribution in [3.63, 3.8) is 0 Å². The summed E-state index contributed by atoms with van der Waals surface area (Å²) in [6.07, 6.45) is 0. The average molecular weight is 736 g/mol. The van der Waals surface area contributed by atoms with E-state index in [4.69, 9.17) is 0 Å². The fraction of sp³-hybridized carbons (Fsp3) is 0. The molecule has 0 atom stereocenters. The van der Waals surface area contributed by atoms with Gasteiger partial charge in [-0.3, -0.25) is 0 Å². The molecule has 9 aromatic carbocycles. The van der Waals surface area contributed by atoms with Crippen molar-refractivity contribution >= 4 is 90.9 Å². The Hall–Kier alpha value is -6.52. The van der Waals surface area contributed by atoms with Crippen LogP contribution in [0.3, 0.4) is 0 Å². The van der Waals surface area contributed by atoms with Gasteiger partial charge in [0.1, 0.15) is 0 Å². The number of hydrogen-bond acceptors (Lipinski definition) is 3. The van der Waals surface area contributed by atoms with E-state index in [0.29, 0.717) is 0 Å². The summed E-state index contributed by atoms with van der Waals surface area (Å²) in [5.41, 5.74) is 10.8. The molecule has 0 saturated carbocycles. The molecule has 0 unspecified atom stereocenters. The van der Waals surface area contributed by atoms with Crippen molar-refractivity contribution in [1.29, 1.82) is 0 Å². The molecule has 0 bridgehead atoms. The van der Waals surface area contributed by atoms with Gasteiger partial charge in [-0.2, -0.15) is 0 Å². The number of fused-ring (bicyclic) bond motifs is 7. The first-order valence-electron chi connectivity index (χ1n) is 18.7. The minimum absolute atomic E-state index is 1.12. The summed E-state index contributed by atoms with van der Waals surface area (Å²) in [6, 6.07) is 73.4. The van der Waals surface area contributed by atoms with Crippen molar-refractivity contribution in [3.05, 3.63) is 200 Å². The van der Waals surface area contributed by atoms with E-state index >= 15 is 0 Å². The number of nitrogens with zero attached hydrogens (tertiary/aromatic N) is 1. The molecule has 2 heterocycles. The predicted molar refractivity (Wildman–Crippen MR) is 241 cm³/mol. The molecule has 0 amide bonds. The SMILES string of the molecule is c1ccc(-c2cccc3c2sc2c(N(c4ccc(-c5ccc6ccccc6c5)cc4)c4ccc5sc6ccccc6c5c4)ccc(-c4ccccc4)c23)cc1. The Morgan fingerprint density at radius 1 is 0.327 bits per heavy atom. The number of anilines is 3. The first-order chi connectivity index (χ1) is 27.3. The van der Waals surface area contributed by atoms with Gasteiger partial charge in [0.2, 0.25) is 0 Å². The summed E-state index contributed by atoms with van der Waals surface area (Å²) in [5, 5.41) is 7.68. The lowest BCUT2D eigenvalue weighted by Gasteiger charge is -2.27. The molecule has 0 aliphatic rings. The monoisotopic (exact) mass is 735 g/mol. The Balaban J connectivity index is 1.17. The zero-order valence-electron chi connectivity index (χ0n) is 29.8. The summed E-state index contributed by atoms with van der Waals surface area (Å²) >= 11 is 3.77. The van der Waals surface area contributed by atoms with Crippen LogP contribution in [-0.2, 0) is 0 Å². The second-order valence-corrected chi connectivity index (χ2v) is 16.2. The molecule has 0 N–H and O–H groups in total. The van der Waals surface area contributed by atoms with Crippen molar-refractivity contribution in [1.82, 2.24) is 0 Å². The molecular formula is C52H33NS2. The van der Waals surface area contributed by atoms with E-state index in [1.54, 1.807) is 0 Å². The van der Waals surface area contributed by atoms with Crippen molar-refractivity contribution in [2.45, 2.75) is 0 Å². The van der Waals surface area contributed by atoms with Crippen molar-refractivity contribution in [2.75, 3.05) is 4.90 Å². The number of hydrogen-bond donors (Lipinski definition) is 0. The molecular weight excluding hydrogens is 703 g/mol. The van der Waals surface area contributed by atoms with Crippen LogP contribution in [0.25, 0.3) is 84.5 Å². The zero-order valence-corrected chi connectivity index (χ0v) is 31.4. The number of benzene rings is 9. The van der Waals surface area contributed by atoms with E-state index in [9.17, 15) is 0 Å². The van der Waals surface area contributed by atoms with Gasteiger partial charge in [-0.1, -0.05) is 152 Å².